The summed E-state index contributed by atoms with van der Waals surface area (Å²) >= 11 is 0. The maximum atomic E-state index is 13.8. The van der Waals surface area contributed by atoms with Gasteiger partial charge in [0.1, 0.15) is 22.3 Å². The van der Waals surface area contributed by atoms with Crippen molar-refractivity contribution in [2.75, 3.05) is 0 Å². The minimum Gasteiger partial charge on any atom is -0.236 e. The second-order valence-corrected chi connectivity index (χ2v) is 7.20. The van der Waals surface area contributed by atoms with Crippen LogP contribution in [0.1, 0.15) is 11.3 Å². The molecule has 0 saturated heterocycles. The minimum atomic E-state index is -4.13. The molecule has 0 spiro atoms. The van der Waals surface area contributed by atoms with E-state index in [4.69, 9.17) is 0 Å². The number of aromatic nitrogens is 1. The largest absolute Gasteiger partial charge is 0.236 e. The predicted molar refractivity (Wildman–Crippen MR) is 91.4 cm³/mol. The van der Waals surface area contributed by atoms with Gasteiger partial charge in [-0.3, -0.25) is 0 Å². The fraction of sp³-hybridized carbons (Fsp3) is 0. The maximum Gasteiger partial charge on any atom is 0.226 e. The number of hydrogen-bond acceptors (Lipinski definition) is 3. The summed E-state index contributed by atoms with van der Waals surface area (Å²) in [5.41, 5.74) is 0.349. The molecule has 1 heterocycles. The van der Waals surface area contributed by atoms with Crippen molar-refractivity contribution in [3.63, 3.8) is 0 Å². The second kappa shape index (κ2) is 7.13. The van der Waals surface area contributed by atoms with Crippen molar-refractivity contribution < 1.29 is 21.6 Å². The van der Waals surface area contributed by atoms with Gasteiger partial charge in [0.25, 0.3) is 0 Å². The Bertz CT molecular complexity index is 1100. The molecule has 1 aromatic heterocycles. The molecular formula is C19H12F3NO2S. The normalized spacial score (nSPS) is 11.8. The summed E-state index contributed by atoms with van der Waals surface area (Å²) in [6.07, 6.45) is 2.73. The lowest BCUT2D eigenvalue weighted by atomic mass is 10.2. The standard InChI is InChI=1S/C19H12F3NO2S/c20-14-10-8-13(17(22)12-14)9-11-15-4-3-7-19(23-15)26(24,25)18-6-2-1-5-16(18)21/h1-12H/b11-9+. The van der Waals surface area contributed by atoms with Crippen LogP contribution in [0, 0.1) is 17.5 Å². The van der Waals surface area contributed by atoms with E-state index < -0.39 is 32.2 Å². The lowest BCUT2D eigenvalue weighted by Crippen LogP contribution is -2.07. The quantitative estimate of drug-likeness (QED) is 0.674. The molecule has 0 aliphatic carbocycles. The van der Waals surface area contributed by atoms with Gasteiger partial charge in [-0.15, -0.1) is 0 Å². The van der Waals surface area contributed by atoms with E-state index >= 15 is 0 Å². The van der Waals surface area contributed by atoms with Gasteiger partial charge in [0, 0.05) is 11.6 Å². The van der Waals surface area contributed by atoms with Crippen LogP contribution in [0.4, 0.5) is 13.2 Å². The Morgan fingerprint density at radius 3 is 2.31 bits per heavy atom. The van der Waals surface area contributed by atoms with Gasteiger partial charge in [0.2, 0.25) is 9.84 Å². The van der Waals surface area contributed by atoms with Crippen LogP contribution in [0.25, 0.3) is 12.2 Å². The molecule has 0 N–H and O–H groups in total. The van der Waals surface area contributed by atoms with E-state index in [-0.39, 0.29) is 16.3 Å². The van der Waals surface area contributed by atoms with Gasteiger partial charge in [0.15, 0.2) is 5.03 Å². The molecule has 0 unspecified atom stereocenters. The van der Waals surface area contributed by atoms with Crippen LogP contribution in [0.15, 0.2) is 70.6 Å². The molecule has 3 nitrogen and oxygen atoms in total. The van der Waals surface area contributed by atoms with Crippen LogP contribution in [0.2, 0.25) is 0 Å². The number of halogens is 3. The summed E-state index contributed by atoms with van der Waals surface area (Å²) in [7, 11) is -4.13. The summed E-state index contributed by atoms with van der Waals surface area (Å²) in [6, 6.07) is 12.3. The molecule has 26 heavy (non-hydrogen) atoms. The van der Waals surface area contributed by atoms with E-state index in [9.17, 15) is 21.6 Å². The summed E-state index contributed by atoms with van der Waals surface area (Å²) < 4.78 is 65.5. The van der Waals surface area contributed by atoms with Crippen molar-refractivity contribution in [2.24, 2.45) is 0 Å². The van der Waals surface area contributed by atoms with Crippen LogP contribution in [-0.2, 0) is 9.84 Å². The predicted octanol–water partition coefficient (Wildman–Crippen LogP) is 4.50. The van der Waals surface area contributed by atoms with Crippen molar-refractivity contribution in [2.45, 2.75) is 9.92 Å². The van der Waals surface area contributed by atoms with Gasteiger partial charge in [-0.2, -0.15) is 0 Å². The maximum absolute atomic E-state index is 13.8. The molecule has 0 saturated carbocycles. The third-order valence-corrected chi connectivity index (χ3v) is 5.23. The van der Waals surface area contributed by atoms with Crippen LogP contribution in [-0.4, -0.2) is 13.4 Å². The fourth-order valence-corrected chi connectivity index (χ4v) is 3.55. The van der Waals surface area contributed by atoms with E-state index in [0.717, 1.165) is 24.3 Å². The van der Waals surface area contributed by atoms with E-state index in [0.29, 0.717) is 0 Å². The molecule has 2 aromatic carbocycles. The Labute approximate surface area is 148 Å². The van der Waals surface area contributed by atoms with Gasteiger partial charge in [-0.25, -0.2) is 26.6 Å². The summed E-state index contributed by atoms with van der Waals surface area (Å²) in [4.78, 5) is 3.51. The Balaban J connectivity index is 1.96. The lowest BCUT2D eigenvalue weighted by Gasteiger charge is -2.05. The van der Waals surface area contributed by atoms with Gasteiger partial charge in [-0.1, -0.05) is 18.2 Å². The van der Waals surface area contributed by atoms with E-state index in [2.05, 4.69) is 4.98 Å². The van der Waals surface area contributed by atoms with Crippen LogP contribution in [0.5, 0.6) is 0 Å². The lowest BCUT2D eigenvalue weighted by molar-refractivity contribution is 0.564. The van der Waals surface area contributed by atoms with Gasteiger partial charge in [-0.05, 0) is 48.6 Å². The number of rotatable bonds is 4. The number of benzene rings is 2. The highest BCUT2D eigenvalue weighted by molar-refractivity contribution is 7.91. The monoisotopic (exact) mass is 375 g/mol. The zero-order chi connectivity index (χ0) is 18.7. The number of hydrogen-bond donors (Lipinski definition) is 0. The van der Waals surface area contributed by atoms with Crippen LogP contribution < -0.4 is 0 Å². The van der Waals surface area contributed by atoms with Crippen molar-refractivity contribution in [1.29, 1.82) is 0 Å². The second-order valence-electron chi connectivity index (χ2n) is 5.33. The molecule has 0 amide bonds. The first-order valence-electron chi connectivity index (χ1n) is 7.48. The zero-order valence-corrected chi connectivity index (χ0v) is 14.1. The minimum absolute atomic E-state index is 0.121. The third-order valence-electron chi connectivity index (χ3n) is 3.54. The first-order valence-corrected chi connectivity index (χ1v) is 8.96. The average Bonchev–Trinajstić information content (AvgIpc) is 2.61. The Morgan fingerprint density at radius 1 is 0.808 bits per heavy atom. The number of pyridine rings is 1. The van der Waals surface area contributed by atoms with E-state index in [1.54, 1.807) is 0 Å². The van der Waals surface area contributed by atoms with Gasteiger partial charge >= 0.3 is 0 Å². The summed E-state index contributed by atoms with van der Waals surface area (Å²) in [6.45, 7) is 0. The molecule has 0 bridgehead atoms. The van der Waals surface area contributed by atoms with E-state index in [1.165, 1.54) is 48.6 Å². The Kier molecular flexibility index (Phi) is 4.90. The molecule has 7 heteroatoms. The SMILES string of the molecule is O=S(=O)(c1cccc(/C=C/c2ccc(F)cc2F)n1)c1ccccc1F. The van der Waals surface area contributed by atoms with Crippen molar-refractivity contribution in [1.82, 2.24) is 4.98 Å². The topological polar surface area (TPSA) is 47.0 Å². The summed E-state index contributed by atoms with van der Waals surface area (Å²) in [5.74, 6) is -2.32. The number of nitrogens with zero attached hydrogens (tertiary/aromatic N) is 1. The highest BCUT2D eigenvalue weighted by Crippen LogP contribution is 2.22. The molecule has 3 rings (SSSR count). The van der Waals surface area contributed by atoms with Crippen molar-refractivity contribution >= 4 is 22.0 Å². The van der Waals surface area contributed by atoms with Crippen molar-refractivity contribution in [3.8, 4) is 0 Å². The van der Waals surface area contributed by atoms with Gasteiger partial charge in [0.05, 0.1) is 5.69 Å². The highest BCUT2D eigenvalue weighted by Gasteiger charge is 2.22. The average molecular weight is 375 g/mol. The molecule has 132 valence electrons. The summed E-state index contributed by atoms with van der Waals surface area (Å²) in [5, 5.41) is -0.329. The molecule has 0 aliphatic rings. The molecule has 0 fully saturated rings. The molecule has 0 atom stereocenters. The smallest absolute Gasteiger partial charge is 0.226 e. The Morgan fingerprint density at radius 2 is 1.58 bits per heavy atom. The fourth-order valence-electron chi connectivity index (χ4n) is 2.26. The van der Waals surface area contributed by atoms with Gasteiger partial charge < -0.3 is 0 Å². The molecule has 0 radical (unpaired) electrons. The van der Waals surface area contributed by atoms with E-state index in [1.807, 2.05) is 0 Å². The first-order chi connectivity index (χ1) is 12.4. The molecular weight excluding hydrogens is 363 g/mol. The highest BCUT2D eigenvalue weighted by atomic mass is 32.2. The third kappa shape index (κ3) is 3.67. The first kappa shape index (κ1) is 17.9. The number of sulfone groups is 1. The Hall–Kier alpha value is -2.93. The van der Waals surface area contributed by atoms with Crippen LogP contribution in [0.3, 0.4) is 0 Å². The zero-order valence-electron chi connectivity index (χ0n) is 13.2. The molecule has 3 aromatic rings. The van der Waals surface area contributed by atoms with Crippen LogP contribution >= 0.6 is 0 Å². The van der Waals surface area contributed by atoms with Crippen molar-refractivity contribution in [3.05, 3.63) is 89.4 Å². The molecule has 0 aliphatic heterocycles.